The summed E-state index contributed by atoms with van der Waals surface area (Å²) in [6.45, 7) is 12.4. The molecule has 0 heterocycles. The minimum Gasteiger partial charge on any atom is -0.466 e. The number of carbonyl (C=O) groups is 1. The molecular weight excluding hydrogens is 235 g/mol. The lowest BCUT2D eigenvalue weighted by Gasteiger charge is -2.45. The van der Waals surface area contributed by atoms with Crippen molar-refractivity contribution in [1.29, 1.82) is 0 Å². The molecule has 102 valence electrons. The number of hydrogen-bond acceptors (Lipinski definition) is 3. The molecule has 0 aromatic heterocycles. The first kappa shape index (κ1) is 16.9. The molecular formula is C13H27O3P. The molecule has 0 amide bonds. The van der Waals surface area contributed by atoms with Crippen LogP contribution in [0.15, 0.2) is 0 Å². The highest BCUT2D eigenvalue weighted by Gasteiger charge is 2.41. The van der Waals surface area contributed by atoms with E-state index in [-0.39, 0.29) is 22.6 Å². The fourth-order valence-electron chi connectivity index (χ4n) is 1.59. The first-order valence-electron chi connectivity index (χ1n) is 6.20. The Balaban J connectivity index is 4.49. The zero-order valence-corrected chi connectivity index (χ0v) is 13.0. The zero-order chi connectivity index (χ0) is 13.7. The van der Waals surface area contributed by atoms with Gasteiger partial charge in [0.05, 0.1) is 12.5 Å². The molecule has 0 radical (unpaired) electrons. The van der Waals surface area contributed by atoms with Crippen LogP contribution < -0.4 is 0 Å². The second kappa shape index (κ2) is 6.70. The molecule has 0 spiro atoms. The van der Waals surface area contributed by atoms with Gasteiger partial charge in [-0.1, -0.05) is 43.2 Å². The van der Waals surface area contributed by atoms with Crippen LogP contribution in [0.5, 0.6) is 0 Å². The van der Waals surface area contributed by atoms with Crippen LogP contribution in [0.4, 0.5) is 0 Å². The Morgan fingerprint density at radius 2 is 1.88 bits per heavy atom. The monoisotopic (exact) mass is 262 g/mol. The summed E-state index contributed by atoms with van der Waals surface area (Å²) >= 11 is 0. The predicted octanol–water partition coefficient (Wildman–Crippen LogP) is 3.01. The highest BCUT2D eigenvalue weighted by molar-refractivity contribution is 7.38. The topological polar surface area (TPSA) is 46.5 Å². The van der Waals surface area contributed by atoms with Gasteiger partial charge in [0.2, 0.25) is 0 Å². The third-order valence-corrected chi connectivity index (χ3v) is 5.37. The standard InChI is InChI=1S/C13H27O3P/c1-7-17-11(15)13(5,6)12(3,4)8-9-16-10(2)14/h11,15,17H,7-9H2,1-6H3. The van der Waals surface area contributed by atoms with Crippen molar-refractivity contribution >= 4 is 14.6 Å². The Morgan fingerprint density at radius 1 is 1.35 bits per heavy atom. The first-order chi connectivity index (χ1) is 7.65. The maximum atomic E-state index is 10.7. The molecule has 0 aliphatic carbocycles. The molecule has 17 heavy (non-hydrogen) atoms. The van der Waals surface area contributed by atoms with Gasteiger partial charge in [-0.05, 0) is 23.4 Å². The number of esters is 1. The molecule has 0 fully saturated rings. The average molecular weight is 262 g/mol. The van der Waals surface area contributed by atoms with E-state index in [9.17, 15) is 9.90 Å². The van der Waals surface area contributed by atoms with Gasteiger partial charge in [-0.3, -0.25) is 4.79 Å². The zero-order valence-electron chi connectivity index (χ0n) is 12.0. The smallest absolute Gasteiger partial charge is 0.302 e. The van der Waals surface area contributed by atoms with Gasteiger partial charge >= 0.3 is 5.97 Å². The quantitative estimate of drug-likeness (QED) is 0.566. The lowest BCUT2D eigenvalue weighted by molar-refractivity contribution is -0.142. The van der Waals surface area contributed by atoms with Crippen molar-refractivity contribution in [3.63, 3.8) is 0 Å². The van der Waals surface area contributed by atoms with E-state index in [0.29, 0.717) is 15.2 Å². The van der Waals surface area contributed by atoms with Crippen molar-refractivity contribution in [3.8, 4) is 0 Å². The van der Waals surface area contributed by atoms with Crippen molar-refractivity contribution in [2.24, 2.45) is 10.8 Å². The summed E-state index contributed by atoms with van der Waals surface area (Å²) in [4.78, 5) is 10.7. The van der Waals surface area contributed by atoms with Gasteiger partial charge in [0, 0.05) is 6.92 Å². The third kappa shape index (κ3) is 4.93. The van der Waals surface area contributed by atoms with Crippen LogP contribution in [-0.4, -0.2) is 29.7 Å². The number of carbonyl (C=O) groups excluding carboxylic acids is 1. The largest absolute Gasteiger partial charge is 0.466 e. The number of aliphatic hydroxyl groups excluding tert-OH is 1. The molecule has 4 heteroatoms. The highest BCUT2D eigenvalue weighted by Crippen LogP contribution is 2.48. The van der Waals surface area contributed by atoms with Crippen molar-refractivity contribution in [1.82, 2.24) is 0 Å². The van der Waals surface area contributed by atoms with Crippen LogP contribution in [0.1, 0.15) is 48.0 Å². The van der Waals surface area contributed by atoms with Crippen molar-refractivity contribution in [2.45, 2.75) is 53.8 Å². The van der Waals surface area contributed by atoms with Crippen LogP contribution in [0.25, 0.3) is 0 Å². The average Bonchev–Trinajstić information content (AvgIpc) is 2.16. The minimum absolute atomic E-state index is 0.0654. The molecule has 2 unspecified atom stereocenters. The molecule has 2 atom stereocenters. The third-order valence-electron chi connectivity index (χ3n) is 3.86. The van der Waals surface area contributed by atoms with E-state index < -0.39 is 0 Å². The molecule has 0 aromatic carbocycles. The van der Waals surface area contributed by atoms with Gasteiger partial charge < -0.3 is 9.84 Å². The van der Waals surface area contributed by atoms with Crippen LogP contribution in [0.2, 0.25) is 0 Å². The highest BCUT2D eigenvalue weighted by atomic mass is 31.1. The van der Waals surface area contributed by atoms with E-state index in [1.54, 1.807) is 0 Å². The lowest BCUT2D eigenvalue weighted by Crippen LogP contribution is -2.41. The van der Waals surface area contributed by atoms with Crippen LogP contribution in [0.3, 0.4) is 0 Å². The molecule has 0 aliphatic heterocycles. The van der Waals surface area contributed by atoms with Crippen molar-refractivity contribution in [3.05, 3.63) is 0 Å². The fourth-order valence-corrected chi connectivity index (χ4v) is 2.88. The summed E-state index contributed by atoms with van der Waals surface area (Å²) in [5.74, 6) is -0.533. The van der Waals surface area contributed by atoms with E-state index in [4.69, 9.17) is 4.74 Å². The predicted molar refractivity (Wildman–Crippen MR) is 73.7 cm³/mol. The summed E-state index contributed by atoms with van der Waals surface area (Å²) in [5.41, 5.74) is -0.244. The number of aliphatic hydroxyl groups is 1. The van der Waals surface area contributed by atoms with E-state index in [1.165, 1.54) is 6.92 Å². The lowest BCUT2D eigenvalue weighted by atomic mass is 9.66. The van der Waals surface area contributed by atoms with Gasteiger partial charge in [0.15, 0.2) is 0 Å². The van der Waals surface area contributed by atoms with Gasteiger partial charge in [-0.2, -0.15) is 0 Å². The number of rotatable bonds is 7. The summed E-state index contributed by atoms with van der Waals surface area (Å²) in [6.07, 6.45) is 1.77. The summed E-state index contributed by atoms with van der Waals surface area (Å²) in [5, 5.41) is 10.2. The van der Waals surface area contributed by atoms with Gasteiger partial charge in [0.25, 0.3) is 0 Å². The van der Waals surface area contributed by atoms with E-state index >= 15 is 0 Å². The Labute approximate surface area is 107 Å². The minimum atomic E-state index is -0.292. The molecule has 0 saturated carbocycles. The maximum absolute atomic E-state index is 10.7. The molecule has 0 aromatic rings. The van der Waals surface area contributed by atoms with Crippen LogP contribution in [0, 0.1) is 10.8 Å². The Kier molecular flexibility index (Phi) is 6.65. The molecule has 0 rings (SSSR count). The van der Waals surface area contributed by atoms with E-state index in [2.05, 4.69) is 34.6 Å². The molecule has 0 bridgehead atoms. The van der Waals surface area contributed by atoms with E-state index in [1.807, 2.05) is 0 Å². The van der Waals surface area contributed by atoms with Gasteiger partial charge in [-0.25, -0.2) is 0 Å². The van der Waals surface area contributed by atoms with Crippen LogP contribution >= 0.6 is 8.58 Å². The van der Waals surface area contributed by atoms with E-state index in [0.717, 1.165) is 12.6 Å². The number of hydrogen-bond donors (Lipinski definition) is 1. The summed E-state index contributed by atoms with van der Waals surface area (Å²) < 4.78 is 4.99. The molecule has 0 aliphatic rings. The number of ether oxygens (including phenoxy) is 1. The second-order valence-corrected chi connectivity index (χ2v) is 7.32. The Bertz CT molecular complexity index is 249. The normalized spacial score (nSPS) is 15.2. The van der Waals surface area contributed by atoms with Crippen molar-refractivity contribution < 1.29 is 14.6 Å². The molecule has 1 N–H and O–H groups in total. The molecule has 3 nitrogen and oxygen atoms in total. The fraction of sp³-hybridized carbons (Fsp3) is 0.923. The Morgan fingerprint density at radius 3 is 2.29 bits per heavy atom. The first-order valence-corrected chi connectivity index (χ1v) is 7.48. The SMILES string of the molecule is CCPC(O)C(C)(C)C(C)(C)CCOC(C)=O. The van der Waals surface area contributed by atoms with Gasteiger partial charge in [-0.15, -0.1) is 0 Å². The Hall–Kier alpha value is -0.140. The summed E-state index contributed by atoms with van der Waals surface area (Å²) in [7, 11) is 0.562. The second-order valence-electron chi connectivity index (χ2n) is 5.66. The molecule has 0 saturated heterocycles. The summed E-state index contributed by atoms with van der Waals surface area (Å²) in [6, 6.07) is 0. The van der Waals surface area contributed by atoms with Crippen LogP contribution in [-0.2, 0) is 9.53 Å². The van der Waals surface area contributed by atoms with Crippen molar-refractivity contribution in [2.75, 3.05) is 12.8 Å². The van der Waals surface area contributed by atoms with Gasteiger partial charge in [0.1, 0.15) is 0 Å². The maximum Gasteiger partial charge on any atom is 0.302 e.